The minimum absolute atomic E-state index is 0.0879. The van der Waals surface area contributed by atoms with Gasteiger partial charge in [-0.1, -0.05) is 26.0 Å². The Labute approximate surface area is 298 Å². The van der Waals surface area contributed by atoms with Gasteiger partial charge in [-0.2, -0.15) is 0 Å². The third-order valence-corrected chi connectivity index (χ3v) is 8.91. The van der Waals surface area contributed by atoms with Gasteiger partial charge in [0.1, 0.15) is 24.7 Å². The summed E-state index contributed by atoms with van der Waals surface area (Å²) in [4.78, 5) is 81.4. The van der Waals surface area contributed by atoms with Crippen molar-refractivity contribution in [2.75, 3.05) is 40.4 Å². The predicted molar refractivity (Wildman–Crippen MR) is 195 cm³/mol. The van der Waals surface area contributed by atoms with Gasteiger partial charge >= 0.3 is 12.2 Å². The van der Waals surface area contributed by atoms with E-state index in [1.807, 2.05) is 50.2 Å². The molecule has 270 valence electrons. The molecule has 52 heavy (non-hydrogen) atoms. The molecule has 0 unspecified atom stereocenters. The van der Waals surface area contributed by atoms with Crippen LogP contribution in [0.5, 0.6) is 0 Å². The van der Waals surface area contributed by atoms with E-state index in [1.54, 1.807) is 22.2 Å². The summed E-state index contributed by atoms with van der Waals surface area (Å²) < 4.78 is 9.13. The third kappa shape index (κ3) is 7.29. The quantitative estimate of drug-likeness (QED) is 0.119. The van der Waals surface area contributed by atoms with Crippen molar-refractivity contribution in [1.82, 2.24) is 40.4 Å². The number of hydrogen-bond acceptors (Lipinski definition) is 9. The summed E-state index contributed by atoms with van der Waals surface area (Å²) >= 11 is 0. The summed E-state index contributed by atoms with van der Waals surface area (Å²) in [6.07, 6.45) is 3.47. The van der Waals surface area contributed by atoms with E-state index in [9.17, 15) is 24.0 Å². The van der Waals surface area contributed by atoms with Gasteiger partial charge in [-0.05, 0) is 47.9 Å². The van der Waals surface area contributed by atoms with Crippen LogP contribution in [0.15, 0.2) is 53.6 Å². The number of rotatable bonds is 14. The average Bonchev–Trinajstić information content (AvgIpc) is 3.90. The fourth-order valence-electron chi connectivity index (χ4n) is 6.47. The first-order chi connectivity index (χ1) is 25.1. The monoisotopic (exact) mass is 708 g/mol. The fourth-order valence-corrected chi connectivity index (χ4v) is 6.47. The molecule has 0 aliphatic heterocycles. The number of carbonyl (C=O) groups is 4. The van der Waals surface area contributed by atoms with Gasteiger partial charge in [-0.25, -0.2) is 19.6 Å². The highest BCUT2D eigenvalue weighted by Crippen LogP contribution is 2.38. The van der Waals surface area contributed by atoms with Crippen LogP contribution in [0.25, 0.3) is 54.8 Å². The molecular weight excluding hydrogens is 668 g/mol. The Morgan fingerprint density at radius 1 is 0.692 bits per heavy atom. The number of aromatic amines is 2. The molecule has 2 aromatic heterocycles. The zero-order valence-electron chi connectivity index (χ0n) is 29.4. The van der Waals surface area contributed by atoms with Gasteiger partial charge in [0, 0.05) is 45.8 Å². The number of aromatic nitrogens is 4. The Hall–Kier alpha value is -6.25. The number of H-pyrrole nitrogens is 2. The Balaban J connectivity index is 1.26. The normalized spacial score (nSPS) is 11.3. The second kappa shape index (κ2) is 15.3. The molecule has 15 heteroatoms. The zero-order valence-corrected chi connectivity index (χ0v) is 29.4. The van der Waals surface area contributed by atoms with Crippen LogP contribution in [0.4, 0.5) is 9.59 Å². The van der Waals surface area contributed by atoms with E-state index >= 15 is 0 Å². The molecule has 0 radical (unpaired) electrons. The lowest BCUT2D eigenvalue weighted by atomic mass is 9.97. The van der Waals surface area contributed by atoms with Gasteiger partial charge in [-0.3, -0.25) is 14.4 Å². The van der Waals surface area contributed by atoms with Crippen LogP contribution >= 0.6 is 0 Å². The van der Waals surface area contributed by atoms with Gasteiger partial charge < -0.3 is 39.9 Å². The molecule has 6 aromatic rings. The van der Waals surface area contributed by atoms with Crippen LogP contribution in [0.3, 0.4) is 0 Å². The second-order valence-corrected chi connectivity index (χ2v) is 12.4. The molecule has 0 spiro atoms. The summed E-state index contributed by atoms with van der Waals surface area (Å²) in [6.45, 7) is 4.95. The van der Waals surface area contributed by atoms with Crippen LogP contribution in [0.2, 0.25) is 0 Å². The summed E-state index contributed by atoms with van der Waals surface area (Å²) in [5.41, 5.74) is 2.89. The largest absolute Gasteiger partial charge is 0.453 e. The van der Waals surface area contributed by atoms with Crippen molar-refractivity contribution in [1.29, 1.82) is 0 Å². The topological polar surface area (TPSA) is 192 Å². The highest BCUT2D eigenvalue weighted by atomic mass is 16.5. The molecule has 0 bridgehead atoms. The SMILES string of the molecule is CCCN(Cc1ncc(-c2cc3ccc4cc(-c5cnc(CN(CCC)C(=O)CNC(=O)OC)[nH]5)cc5c(=O)c(c2)c3c45)[nH]1)C(=O)CNC(=O)OC. The summed E-state index contributed by atoms with van der Waals surface area (Å²) in [7, 11) is 2.48. The Kier molecular flexibility index (Phi) is 10.5. The maximum Gasteiger partial charge on any atom is 0.407 e. The third-order valence-electron chi connectivity index (χ3n) is 8.91. The molecule has 0 aliphatic carbocycles. The molecule has 4 N–H and O–H groups in total. The molecule has 0 saturated carbocycles. The molecule has 0 atom stereocenters. The minimum atomic E-state index is -0.678. The number of benzene rings is 3. The first-order valence-corrected chi connectivity index (χ1v) is 17.0. The predicted octanol–water partition coefficient (Wildman–Crippen LogP) is 4.35. The molecule has 0 saturated heterocycles. The fraction of sp³-hybridized carbons (Fsp3) is 0.324. The summed E-state index contributed by atoms with van der Waals surface area (Å²) in [5.74, 6) is 0.613. The zero-order chi connectivity index (χ0) is 36.9. The van der Waals surface area contributed by atoms with Crippen molar-refractivity contribution in [3.63, 3.8) is 0 Å². The van der Waals surface area contributed by atoms with Gasteiger partial charge in [0.05, 0.1) is 51.1 Å². The van der Waals surface area contributed by atoms with E-state index in [0.717, 1.165) is 45.5 Å². The van der Waals surface area contributed by atoms with Crippen molar-refractivity contribution >= 4 is 56.3 Å². The Morgan fingerprint density at radius 3 is 1.50 bits per heavy atom. The number of hydrogen-bond donors (Lipinski definition) is 4. The van der Waals surface area contributed by atoms with Gasteiger partial charge in [0.2, 0.25) is 11.8 Å². The van der Waals surface area contributed by atoms with E-state index in [2.05, 4.69) is 40.0 Å². The maximum atomic E-state index is 14.0. The number of nitrogens with one attached hydrogen (secondary N) is 4. The average molecular weight is 709 g/mol. The lowest BCUT2D eigenvalue weighted by Crippen LogP contribution is -2.40. The first-order valence-electron chi connectivity index (χ1n) is 17.0. The van der Waals surface area contributed by atoms with Gasteiger partial charge in [-0.15, -0.1) is 0 Å². The van der Waals surface area contributed by atoms with Crippen LogP contribution < -0.4 is 16.1 Å². The number of amides is 4. The number of nitrogens with zero attached hydrogens (tertiary/aromatic N) is 4. The van der Waals surface area contributed by atoms with E-state index in [-0.39, 0.29) is 43.4 Å². The van der Waals surface area contributed by atoms with Crippen LogP contribution in [0.1, 0.15) is 38.3 Å². The van der Waals surface area contributed by atoms with E-state index in [1.165, 1.54) is 14.2 Å². The summed E-state index contributed by atoms with van der Waals surface area (Å²) in [5, 5.41) is 9.66. The number of ether oxygens (including phenoxy) is 2. The first kappa shape index (κ1) is 35.6. The highest BCUT2D eigenvalue weighted by molar-refractivity contribution is 6.27. The molecule has 4 amide bonds. The van der Waals surface area contributed by atoms with Gasteiger partial charge in [0.25, 0.3) is 0 Å². The van der Waals surface area contributed by atoms with Crippen molar-refractivity contribution in [2.24, 2.45) is 0 Å². The second-order valence-electron chi connectivity index (χ2n) is 12.4. The van der Waals surface area contributed by atoms with Crippen molar-refractivity contribution in [2.45, 2.75) is 39.8 Å². The van der Waals surface area contributed by atoms with Gasteiger partial charge in [0.15, 0.2) is 5.43 Å². The maximum absolute atomic E-state index is 14.0. The van der Waals surface area contributed by atoms with E-state index in [4.69, 9.17) is 0 Å². The molecule has 0 fully saturated rings. The Morgan fingerprint density at radius 2 is 1.12 bits per heavy atom. The van der Waals surface area contributed by atoms with Crippen LogP contribution in [0, 0.1) is 0 Å². The molecule has 4 aromatic carbocycles. The van der Waals surface area contributed by atoms with Crippen molar-refractivity contribution in [3.05, 3.63) is 70.7 Å². The van der Waals surface area contributed by atoms with Crippen molar-refractivity contribution in [3.8, 4) is 22.5 Å². The number of alkyl carbamates (subject to hydrolysis) is 2. The Bertz CT molecular complexity index is 2140. The summed E-state index contributed by atoms with van der Waals surface area (Å²) in [6, 6.07) is 11.8. The molecular formula is C37H40N8O7. The minimum Gasteiger partial charge on any atom is -0.453 e. The number of methoxy groups -OCH3 is 2. The lowest BCUT2D eigenvalue weighted by molar-refractivity contribution is -0.131. The molecule has 2 heterocycles. The van der Waals surface area contributed by atoms with Crippen molar-refractivity contribution < 1.29 is 28.7 Å². The number of imidazole rings is 2. The lowest BCUT2D eigenvalue weighted by Gasteiger charge is -2.21. The van der Waals surface area contributed by atoms with Crippen LogP contribution in [-0.4, -0.2) is 94.1 Å². The smallest absolute Gasteiger partial charge is 0.407 e. The van der Waals surface area contributed by atoms with Crippen LogP contribution in [-0.2, 0) is 32.2 Å². The number of carbonyl (C=O) groups excluding carboxylic acids is 4. The molecule has 6 rings (SSSR count). The highest BCUT2D eigenvalue weighted by Gasteiger charge is 2.21. The van der Waals surface area contributed by atoms with E-state index < -0.39 is 12.2 Å². The van der Waals surface area contributed by atoms with E-state index in [0.29, 0.717) is 46.9 Å². The standard InChI is InChI=1S/C37H40N8O7/c1-5-9-44(31(46)17-40-36(49)51-3)19-29-38-15-27(42-29)23-11-21-7-8-22-12-24(14-26-34(22)33(21)25(13-23)35(26)48)28-16-39-30(43-28)20-45(10-6-2)32(47)18-41-37(50)52-4/h7-8,11-16H,5-6,9-10,17-20H2,1-4H3,(H,38,42)(H,39,43)(H,40,49)(H,41,50). The molecule has 0 aliphatic rings. The molecule has 15 nitrogen and oxygen atoms in total.